The molecule has 152 valence electrons. The summed E-state index contributed by atoms with van der Waals surface area (Å²) in [4.78, 5) is 13.0. The predicted octanol–water partition coefficient (Wildman–Crippen LogP) is 2.78. The van der Waals surface area contributed by atoms with E-state index in [-0.39, 0.29) is 5.56 Å². The molecular formula is C18H20F2N2O5S. The quantitative estimate of drug-likeness (QED) is 0.486. The standard InChI is InChI=1S/C18H20F2N2O5S/c1-3-4-9-27-15-8-5-12(10-16(15)26-2)18(23)21-22-28(24,25)17-11-13(19)6-7-14(17)20/h5-8,10-11,22H,3-4,9H2,1-2H3,(H,21,23). The second-order valence-corrected chi connectivity index (χ2v) is 7.35. The lowest BCUT2D eigenvalue weighted by Gasteiger charge is -2.13. The van der Waals surface area contributed by atoms with Crippen molar-refractivity contribution in [1.82, 2.24) is 10.3 Å². The first-order valence-corrected chi connectivity index (χ1v) is 9.85. The van der Waals surface area contributed by atoms with E-state index in [1.165, 1.54) is 25.3 Å². The summed E-state index contributed by atoms with van der Waals surface area (Å²) < 4.78 is 61.8. The SMILES string of the molecule is CCCCOc1ccc(C(=O)NNS(=O)(=O)c2cc(F)ccc2F)cc1OC. The normalized spacial score (nSPS) is 11.1. The van der Waals surface area contributed by atoms with Crippen LogP contribution < -0.4 is 19.7 Å². The van der Waals surface area contributed by atoms with Crippen molar-refractivity contribution in [3.05, 3.63) is 53.6 Å². The number of hydrazine groups is 1. The van der Waals surface area contributed by atoms with Gasteiger partial charge in [0.2, 0.25) is 0 Å². The van der Waals surface area contributed by atoms with Crippen LogP contribution in [0, 0.1) is 11.6 Å². The van der Waals surface area contributed by atoms with E-state index < -0.39 is 32.5 Å². The van der Waals surface area contributed by atoms with Crippen LogP contribution in [-0.4, -0.2) is 28.0 Å². The molecule has 1 amide bonds. The highest BCUT2D eigenvalue weighted by Gasteiger charge is 2.21. The van der Waals surface area contributed by atoms with Crippen LogP contribution in [0.1, 0.15) is 30.1 Å². The van der Waals surface area contributed by atoms with Gasteiger partial charge in [0.05, 0.1) is 13.7 Å². The molecule has 0 saturated carbocycles. The Kier molecular flexibility index (Phi) is 7.30. The Hall–Kier alpha value is -2.72. The van der Waals surface area contributed by atoms with Crippen molar-refractivity contribution in [2.24, 2.45) is 0 Å². The minimum atomic E-state index is -4.51. The molecule has 0 aliphatic carbocycles. The number of nitrogens with one attached hydrogen (secondary N) is 2. The van der Waals surface area contributed by atoms with E-state index in [9.17, 15) is 22.0 Å². The van der Waals surface area contributed by atoms with Gasteiger partial charge in [-0.1, -0.05) is 13.3 Å². The molecule has 0 unspecified atom stereocenters. The first-order valence-electron chi connectivity index (χ1n) is 8.36. The highest BCUT2D eigenvalue weighted by atomic mass is 32.2. The molecule has 0 fully saturated rings. The minimum Gasteiger partial charge on any atom is -0.493 e. The van der Waals surface area contributed by atoms with Gasteiger partial charge in [-0.15, -0.1) is 4.83 Å². The van der Waals surface area contributed by atoms with Crippen molar-refractivity contribution >= 4 is 15.9 Å². The lowest BCUT2D eigenvalue weighted by Crippen LogP contribution is -2.41. The number of halogens is 2. The molecule has 0 aliphatic heterocycles. The fourth-order valence-electron chi connectivity index (χ4n) is 2.18. The number of benzene rings is 2. The molecule has 2 rings (SSSR count). The van der Waals surface area contributed by atoms with E-state index in [0.29, 0.717) is 30.2 Å². The van der Waals surface area contributed by atoms with Crippen LogP contribution >= 0.6 is 0 Å². The summed E-state index contributed by atoms with van der Waals surface area (Å²) in [6.45, 7) is 2.50. The van der Waals surface area contributed by atoms with Gasteiger partial charge in [0.15, 0.2) is 11.5 Å². The monoisotopic (exact) mass is 414 g/mol. The molecule has 7 nitrogen and oxygen atoms in total. The van der Waals surface area contributed by atoms with Crippen LogP contribution in [0.3, 0.4) is 0 Å². The molecular weight excluding hydrogens is 394 g/mol. The zero-order valence-corrected chi connectivity index (χ0v) is 16.1. The molecule has 2 aromatic rings. The van der Waals surface area contributed by atoms with Crippen molar-refractivity contribution < 1.29 is 31.5 Å². The van der Waals surface area contributed by atoms with E-state index >= 15 is 0 Å². The van der Waals surface area contributed by atoms with Gasteiger partial charge in [-0.3, -0.25) is 10.2 Å². The second-order valence-electron chi connectivity index (χ2n) is 5.70. The number of carbonyl (C=O) groups excluding carboxylic acids is 1. The third-order valence-corrected chi connectivity index (χ3v) is 4.93. The summed E-state index contributed by atoms with van der Waals surface area (Å²) >= 11 is 0. The smallest absolute Gasteiger partial charge is 0.266 e. The molecule has 0 aliphatic rings. The number of methoxy groups -OCH3 is 1. The lowest BCUT2D eigenvalue weighted by molar-refractivity contribution is 0.0944. The Balaban J connectivity index is 2.11. The van der Waals surface area contributed by atoms with Crippen LogP contribution in [0.25, 0.3) is 0 Å². The number of ether oxygens (including phenoxy) is 2. The van der Waals surface area contributed by atoms with E-state index in [2.05, 4.69) is 0 Å². The lowest BCUT2D eigenvalue weighted by atomic mass is 10.2. The maximum Gasteiger partial charge on any atom is 0.266 e. The molecule has 0 bridgehead atoms. The Morgan fingerprint density at radius 2 is 1.86 bits per heavy atom. The molecule has 0 aromatic heterocycles. The number of carbonyl (C=O) groups is 1. The highest BCUT2D eigenvalue weighted by molar-refractivity contribution is 7.89. The van der Waals surface area contributed by atoms with Crippen molar-refractivity contribution in [2.45, 2.75) is 24.7 Å². The van der Waals surface area contributed by atoms with E-state index in [0.717, 1.165) is 18.9 Å². The third-order valence-electron chi connectivity index (χ3n) is 3.66. The van der Waals surface area contributed by atoms with Crippen molar-refractivity contribution in [3.8, 4) is 11.5 Å². The predicted molar refractivity (Wildman–Crippen MR) is 97.5 cm³/mol. The zero-order chi connectivity index (χ0) is 20.7. The Morgan fingerprint density at radius 1 is 1.11 bits per heavy atom. The number of hydrogen-bond acceptors (Lipinski definition) is 5. The number of amides is 1. The van der Waals surface area contributed by atoms with Crippen LogP contribution in [0.4, 0.5) is 8.78 Å². The first kappa shape index (κ1) is 21.6. The van der Waals surface area contributed by atoms with Gasteiger partial charge in [0.25, 0.3) is 15.9 Å². The van der Waals surface area contributed by atoms with Crippen molar-refractivity contribution in [3.63, 3.8) is 0 Å². The maximum atomic E-state index is 13.7. The molecule has 2 aromatic carbocycles. The Morgan fingerprint density at radius 3 is 2.54 bits per heavy atom. The average molecular weight is 414 g/mol. The van der Waals surface area contributed by atoms with Gasteiger partial charge in [0, 0.05) is 5.56 Å². The molecule has 0 atom stereocenters. The van der Waals surface area contributed by atoms with Crippen LogP contribution in [0.15, 0.2) is 41.3 Å². The molecule has 0 radical (unpaired) electrons. The Labute approximate surface area is 161 Å². The number of rotatable bonds is 9. The van der Waals surface area contributed by atoms with Crippen molar-refractivity contribution in [1.29, 1.82) is 0 Å². The first-order chi connectivity index (χ1) is 13.3. The van der Waals surface area contributed by atoms with E-state index in [4.69, 9.17) is 9.47 Å². The minimum absolute atomic E-state index is 0.0714. The van der Waals surface area contributed by atoms with Gasteiger partial charge < -0.3 is 9.47 Å². The summed E-state index contributed by atoms with van der Waals surface area (Å²) in [6.07, 6.45) is 1.80. The summed E-state index contributed by atoms with van der Waals surface area (Å²) in [5.74, 6) is -2.17. The van der Waals surface area contributed by atoms with Gasteiger partial charge in [-0.2, -0.15) is 0 Å². The third kappa shape index (κ3) is 5.40. The summed E-state index contributed by atoms with van der Waals surface area (Å²) in [5, 5.41) is 0. The summed E-state index contributed by atoms with van der Waals surface area (Å²) in [7, 11) is -3.11. The highest BCUT2D eigenvalue weighted by Crippen LogP contribution is 2.28. The van der Waals surface area contributed by atoms with E-state index in [1.807, 2.05) is 12.3 Å². The number of sulfonamides is 1. The van der Waals surface area contributed by atoms with E-state index in [1.54, 1.807) is 4.83 Å². The molecule has 0 saturated heterocycles. The largest absolute Gasteiger partial charge is 0.493 e. The topological polar surface area (TPSA) is 93.7 Å². The molecule has 2 N–H and O–H groups in total. The molecule has 0 spiro atoms. The number of hydrogen-bond donors (Lipinski definition) is 2. The number of unbranched alkanes of at least 4 members (excludes halogenated alkanes) is 1. The van der Waals surface area contributed by atoms with Gasteiger partial charge >= 0.3 is 0 Å². The summed E-state index contributed by atoms with van der Waals surface area (Å²) in [5.41, 5.74) is 2.02. The molecule has 10 heteroatoms. The van der Waals surface area contributed by atoms with Gasteiger partial charge in [-0.05, 0) is 42.8 Å². The van der Waals surface area contributed by atoms with Crippen LogP contribution in [0.2, 0.25) is 0 Å². The molecule has 28 heavy (non-hydrogen) atoms. The summed E-state index contributed by atoms with van der Waals surface area (Å²) in [6, 6.07) is 6.26. The fraction of sp³-hybridized carbons (Fsp3) is 0.278. The maximum absolute atomic E-state index is 13.7. The fourth-order valence-corrected chi connectivity index (χ4v) is 3.11. The Bertz CT molecular complexity index is 951. The van der Waals surface area contributed by atoms with Crippen molar-refractivity contribution in [2.75, 3.05) is 13.7 Å². The van der Waals surface area contributed by atoms with Gasteiger partial charge in [-0.25, -0.2) is 17.2 Å². The van der Waals surface area contributed by atoms with Crippen LogP contribution in [0.5, 0.6) is 11.5 Å². The second kappa shape index (κ2) is 9.47. The molecule has 0 heterocycles. The van der Waals surface area contributed by atoms with Crippen LogP contribution in [-0.2, 0) is 10.0 Å². The average Bonchev–Trinajstić information content (AvgIpc) is 2.68. The van der Waals surface area contributed by atoms with Gasteiger partial charge in [0.1, 0.15) is 16.5 Å². The zero-order valence-electron chi connectivity index (χ0n) is 15.3.